The monoisotopic (exact) mass is 262 g/mol. The summed E-state index contributed by atoms with van der Waals surface area (Å²) < 4.78 is 0. The lowest BCUT2D eigenvalue weighted by molar-refractivity contribution is -0.149. The number of hydrogen-bond donors (Lipinski definition) is 0. The summed E-state index contributed by atoms with van der Waals surface area (Å²) in [7, 11) is 1.41. The topological polar surface area (TPSA) is 57.7 Å². The minimum atomic E-state index is -0.666. The molecule has 4 saturated carbocycles. The maximum atomic E-state index is 12.3. The maximum absolute atomic E-state index is 12.3. The Morgan fingerprint density at radius 2 is 1.37 bits per heavy atom. The first-order chi connectivity index (χ1) is 9.00. The van der Waals surface area contributed by atoms with Crippen molar-refractivity contribution in [2.24, 2.45) is 17.8 Å². The number of rotatable bonds is 1. The van der Waals surface area contributed by atoms with Gasteiger partial charge in [0.15, 0.2) is 0 Å². The fourth-order valence-corrected chi connectivity index (χ4v) is 5.32. The number of carbonyl (C=O) groups is 3. The van der Waals surface area contributed by atoms with E-state index in [2.05, 4.69) is 0 Å². The van der Waals surface area contributed by atoms with Crippen molar-refractivity contribution in [1.29, 1.82) is 0 Å². The van der Waals surface area contributed by atoms with E-state index < -0.39 is 17.8 Å². The van der Waals surface area contributed by atoms with Gasteiger partial charge in [0.25, 0.3) is 0 Å². The van der Waals surface area contributed by atoms with Gasteiger partial charge in [0.05, 0.1) is 5.54 Å². The summed E-state index contributed by atoms with van der Waals surface area (Å²) in [6.45, 7) is 0. The van der Waals surface area contributed by atoms with E-state index in [1.54, 1.807) is 0 Å². The molecular formula is C14H18N2O3. The lowest BCUT2D eigenvalue weighted by Gasteiger charge is -2.58. The zero-order valence-electron chi connectivity index (χ0n) is 11.1. The number of nitrogens with zero attached hydrogens (tertiary/aromatic N) is 2. The van der Waals surface area contributed by atoms with E-state index >= 15 is 0 Å². The van der Waals surface area contributed by atoms with Gasteiger partial charge >= 0.3 is 17.8 Å². The number of urea groups is 1. The first kappa shape index (κ1) is 11.4. The van der Waals surface area contributed by atoms with Crippen LogP contribution in [-0.2, 0) is 9.59 Å². The second-order valence-corrected chi connectivity index (χ2v) is 6.93. The highest BCUT2D eigenvalue weighted by molar-refractivity contribution is 6.44. The Hall–Kier alpha value is -1.39. The number of imide groups is 2. The molecular weight excluding hydrogens is 244 g/mol. The quantitative estimate of drug-likeness (QED) is 0.530. The van der Waals surface area contributed by atoms with Gasteiger partial charge in [0.2, 0.25) is 0 Å². The van der Waals surface area contributed by atoms with Crippen LogP contribution >= 0.6 is 0 Å². The largest absolute Gasteiger partial charge is 0.334 e. The first-order valence-electron chi connectivity index (χ1n) is 7.16. The number of amides is 4. The molecule has 1 heterocycles. The van der Waals surface area contributed by atoms with Gasteiger partial charge in [0, 0.05) is 7.05 Å². The molecule has 4 bridgehead atoms. The van der Waals surface area contributed by atoms with Crippen LogP contribution in [-0.4, -0.2) is 40.2 Å². The predicted octanol–water partition coefficient (Wildman–Crippen LogP) is 1.38. The molecule has 1 aliphatic heterocycles. The third kappa shape index (κ3) is 1.33. The highest BCUT2D eigenvalue weighted by Crippen LogP contribution is 2.58. The van der Waals surface area contributed by atoms with Crippen LogP contribution < -0.4 is 0 Å². The average Bonchev–Trinajstić information content (AvgIpc) is 2.52. The summed E-state index contributed by atoms with van der Waals surface area (Å²) in [4.78, 5) is 38.4. The van der Waals surface area contributed by atoms with Crippen LogP contribution in [0, 0.1) is 17.8 Å². The van der Waals surface area contributed by atoms with E-state index in [0.717, 1.165) is 24.2 Å². The molecule has 5 aliphatic rings. The zero-order chi connectivity index (χ0) is 13.4. The van der Waals surface area contributed by atoms with Gasteiger partial charge in [-0.15, -0.1) is 0 Å². The average molecular weight is 262 g/mol. The van der Waals surface area contributed by atoms with Crippen LogP contribution in [0.15, 0.2) is 0 Å². The molecule has 4 amide bonds. The van der Waals surface area contributed by atoms with Gasteiger partial charge < -0.3 is 0 Å². The normalized spacial score (nSPS) is 44.7. The summed E-state index contributed by atoms with van der Waals surface area (Å²) in [5.74, 6) is 0.670. The Labute approximate surface area is 111 Å². The lowest BCUT2D eigenvalue weighted by Crippen LogP contribution is -2.61. The van der Waals surface area contributed by atoms with Crippen LogP contribution in [0.5, 0.6) is 0 Å². The van der Waals surface area contributed by atoms with Crippen LogP contribution in [0.25, 0.3) is 0 Å². The molecule has 5 heteroatoms. The first-order valence-corrected chi connectivity index (χ1v) is 7.16. The second-order valence-electron chi connectivity index (χ2n) is 6.93. The van der Waals surface area contributed by atoms with Crippen LogP contribution in [0.2, 0.25) is 0 Å². The fraction of sp³-hybridized carbons (Fsp3) is 0.786. The number of likely N-dealkylation sites (N-methyl/N-ethyl adjacent to an activating group) is 1. The van der Waals surface area contributed by atoms with E-state index in [1.165, 1.54) is 31.2 Å². The molecule has 1 saturated heterocycles. The van der Waals surface area contributed by atoms with Crippen molar-refractivity contribution < 1.29 is 14.4 Å². The zero-order valence-corrected chi connectivity index (χ0v) is 11.1. The van der Waals surface area contributed by atoms with Crippen molar-refractivity contribution in [3.05, 3.63) is 0 Å². The van der Waals surface area contributed by atoms with Crippen molar-refractivity contribution in [3.8, 4) is 0 Å². The molecule has 0 aromatic rings. The molecule has 0 aromatic heterocycles. The van der Waals surface area contributed by atoms with Crippen molar-refractivity contribution in [2.45, 2.75) is 44.1 Å². The second kappa shape index (κ2) is 3.38. The van der Waals surface area contributed by atoms with E-state index in [9.17, 15) is 14.4 Å². The van der Waals surface area contributed by atoms with E-state index in [1.807, 2.05) is 0 Å². The summed E-state index contributed by atoms with van der Waals surface area (Å²) in [5.41, 5.74) is -0.344. The van der Waals surface area contributed by atoms with Gasteiger partial charge in [-0.25, -0.2) is 9.69 Å². The highest BCUT2D eigenvalue weighted by Gasteiger charge is 2.60. The summed E-state index contributed by atoms with van der Waals surface area (Å²) in [5, 5.41) is 0. The molecule has 4 aliphatic carbocycles. The molecule has 0 radical (unpaired) electrons. The molecule has 102 valence electrons. The van der Waals surface area contributed by atoms with Crippen LogP contribution in [0.1, 0.15) is 38.5 Å². The van der Waals surface area contributed by atoms with Crippen LogP contribution in [0.4, 0.5) is 4.79 Å². The molecule has 5 fully saturated rings. The molecule has 0 spiro atoms. The lowest BCUT2D eigenvalue weighted by atomic mass is 9.52. The molecule has 0 aromatic carbocycles. The minimum absolute atomic E-state index is 0.344. The maximum Gasteiger partial charge on any atom is 0.334 e. The molecule has 5 rings (SSSR count). The van der Waals surface area contributed by atoms with Gasteiger partial charge in [-0.1, -0.05) is 0 Å². The van der Waals surface area contributed by atoms with Gasteiger partial charge in [-0.05, 0) is 56.3 Å². The molecule has 5 nitrogen and oxygen atoms in total. The summed E-state index contributed by atoms with van der Waals surface area (Å²) in [6.07, 6.45) is 6.49. The van der Waals surface area contributed by atoms with Gasteiger partial charge in [0.1, 0.15) is 0 Å². The number of carbonyl (C=O) groups excluding carboxylic acids is 3. The Morgan fingerprint density at radius 3 is 1.74 bits per heavy atom. The standard InChI is InChI=1S/C14H18N2O3/c1-15-11(17)12(18)16(13(15)19)14-5-8-2-9(6-14)4-10(3-8)7-14/h8-10H,2-7H2,1H3. The minimum Gasteiger partial charge on any atom is -0.263 e. The predicted molar refractivity (Wildman–Crippen MR) is 65.9 cm³/mol. The van der Waals surface area contributed by atoms with Crippen molar-refractivity contribution in [1.82, 2.24) is 9.80 Å². The Kier molecular flexibility index (Phi) is 2.03. The highest BCUT2D eigenvalue weighted by atomic mass is 16.2. The summed E-state index contributed by atoms with van der Waals surface area (Å²) >= 11 is 0. The molecule has 0 atom stereocenters. The third-order valence-electron chi connectivity index (χ3n) is 5.65. The molecule has 0 N–H and O–H groups in total. The van der Waals surface area contributed by atoms with Gasteiger partial charge in [-0.2, -0.15) is 0 Å². The van der Waals surface area contributed by atoms with Crippen molar-refractivity contribution >= 4 is 17.8 Å². The van der Waals surface area contributed by atoms with Crippen molar-refractivity contribution in [2.75, 3.05) is 7.05 Å². The van der Waals surface area contributed by atoms with Crippen LogP contribution in [0.3, 0.4) is 0 Å². The van der Waals surface area contributed by atoms with E-state index in [-0.39, 0.29) is 5.54 Å². The summed E-state index contributed by atoms with van der Waals surface area (Å²) in [6, 6.07) is -0.406. The molecule has 0 unspecified atom stereocenters. The third-order valence-corrected chi connectivity index (χ3v) is 5.65. The Bertz CT molecular complexity index is 464. The van der Waals surface area contributed by atoms with E-state index in [0.29, 0.717) is 17.8 Å². The fourth-order valence-electron chi connectivity index (χ4n) is 5.32. The molecule has 19 heavy (non-hydrogen) atoms. The van der Waals surface area contributed by atoms with E-state index in [4.69, 9.17) is 0 Å². The Morgan fingerprint density at radius 1 is 0.895 bits per heavy atom. The van der Waals surface area contributed by atoms with Crippen molar-refractivity contribution in [3.63, 3.8) is 0 Å². The smallest absolute Gasteiger partial charge is 0.263 e. The number of hydrogen-bond acceptors (Lipinski definition) is 3. The Balaban J connectivity index is 1.74. The SMILES string of the molecule is CN1C(=O)C(=O)N(C23CC4CC(CC(C4)C2)C3)C1=O. The van der Waals surface area contributed by atoms with Gasteiger partial charge in [-0.3, -0.25) is 14.5 Å².